The molecule has 5 nitrogen and oxygen atoms in total. The summed E-state index contributed by atoms with van der Waals surface area (Å²) in [4.78, 5) is 7.84. The van der Waals surface area contributed by atoms with E-state index in [1.165, 1.54) is 5.56 Å². The second-order valence-corrected chi connectivity index (χ2v) is 8.98. The van der Waals surface area contributed by atoms with Crippen molar-refractivity contribution in [2.45, 2.75) is 27.4 Å². The number of imidazole rings is 1. The Hall–Kier alpha value is -3.31. The van der Waals surface area contributed by atoms with Crippen LogP contribution in [0.3, 0.4) is 0 Å². The van der Waals surface area contributed by atoms with Crippen LogP contribution in [-0.4, -0.2) is 16.6 Å². The van der Waals surface area contributed by atoms with Gasteiger partial charge in [-0.25, -0.2) is 4.98 Å². The number of aromatic nitrogens is 2. The molecule has 0 saturated carbocycles. The van der Waals surface area contributed by atoms with Gasteiger partial charge in [-0.15, -0.1) is 0 Å². The summed E-state index contributed by atoms with van der Waals surface area (Å²) >= 11 is 2.25. The third-order valence-electron chi connectivity index (χ3n) is 5.12. The van der Waals surface area contributed by atoms with E-state index in [2.05, 4.69) is 57.7 Å². The number of H-pyrrole nitrogens is 1. The number of rotatable bonds is 7. The van der Waals surface area contributed by atoms with Crippen molar-refractivity contribution in [3.05, 3.63) is 86.2 Å². The number of aromatic amines is 1. The molecule has 0 aliphatic carbocycles. The summed E-state index contributed by atoms with van der Waals surface area (Å²) in [5.74, 6) is 1.90. The van der Waals surface area contributed by atoms with Crippen LogP contribution in [0.4, 0.5) is 0 Å². The van der Waals surface area contributed by atoms with Crippen LogP contribution in [0.5, 0.6) is 11.5 Å². The maximum atomic E-state index is 9.81. The number of fused-ring (bicyclic) bond motifs is 1. The van der Waals surface area contributed by atoms with Gasteiger partial charge >= 0.3 is 0 Å². The summed E-state index contributed by atoms with van der Waals surface area (Å²) in [7, 11) is 0. The van der Waals surface area contributed by atoms with E-state index in [0.29, 0.717) is 36.1 Å². The van der Waals surface area contributed by atoms with Gasteiger partial charge in [0.15, 0.2) is 11.5 Å². The quantitative estimate of drug-likeness (QED) is 0.203. The minimum atomic E-state index is 0.453. The maximum Gasteiger partial charge on any atom is 0.175 e. The molecule has 0 atom stereocenters. The fourth-order valence-electron chi connectivity index (χ4n) is 3.60. The van der Waals surface area contributed by atoms with Crippen molar-refractivity contribution < 1.29 is 9.47 Å². The first-order chi connectivity index (χ1) is 16.0. The van der Waals surface area contributed by atoms with Crippen LogP contribution in [-0.2, 0) is 6.61 Å². The lowest BCUT2D eigenvalue weighted by Gasteiger charge is -2.15. The van der Waals surface area contributed by atoms with Gasteiger partial charge in [0.2, 0.25) is 0 Å². The monoisotopic (exact) mass is 549 g/mol. The fraction of sp³-hybridized carbons (Fsp3) is 0.185. The molecule has 3 aromatic carbocycles. The van der Waals surface area contributed by atoms with Crippen molar-refractivity contribution in [3.8, 4) is 17.6 Å². The Kier molecular flexibility index (Phi) is 6.99. The second kappa shape index (κ2) is 10.1. The molecule has 4 aromatic rings. The molecule has 0 aliphatic rings. The molecule has 0 aliphatic heterocycles. The standard InChI is InChI=1S/C27H24IN3O2/c1-4-32-25-14-20(13-22(28)26(25)33-16-19-7-5-6-17(2)10-19)12-21(15-29)27-30-23-9-8-18(3)11-24(23)31-27/h5-14H,4,16H2,1-3H3,(H,30,31)/b21-12-. The first-order valence-corrected chi connectivity index (χ1v) is 11.8. The number of hydrogen-bond donors (Lipinski definition) is 1. The summed E-state index contributed by atoms with van der Waals surface area (Å²) in [6, 6.07) is 20.4. The van der Waals surface area contributed by atoms with Gasteiger partial charge in [-0.2, -0.15) is 5.26 Å². The van der Waals surface area contributed by atoms with E-state index in [-0.39, 0.29) is 0 Å². The molecule has 0 radical (unpaired) electrons. The van der Waals surface area contributed by atoms with Crippen LogP contribution in [0.2, 0.25) is 0 Å². The number of hydrogen-bond acceptors (Lipinski definition) is 4. The molecule has 166 valence electrons. The molecule has 0 saturated heterocycles. The van der Waals surface area contributed by atoms with Gasteiger partial charge in [0.25, 0.3) is 0 Å². The minimum absolute atomic E-state index is 0.453. The van der Waals surface area contributed by atoms with Crippen LogP contribution in [0.1, 0.15) is 35.0 Å². The lowest BCUT2D eigenvalue weighted by atomic mass is 10.1. The Morgan fingerprint density at radius 1 is 1.09 bits per heavy atom. The smallest absolute Gasteiger partial charge is 0.175 e. The Morgan fingerprint density at radius 2 is 1.91 bits per heavy atom. The maximum absolute atomic E-state index is 9.81. The van der Waals surface area contributed by atoms with E-state index in [4.69, 9.17) is 9.47 Å². The fourth-order valence-corrected chi connectivity index (χ4v) is 4.38. The highest BCUT2D eigenvalue weighted by molar-refractivity contribution is 14.1. The average Bonchev–Trinajstić information content (AvgIpc) is 3.20. The number of nitrogens with zero attached hydrogens (tertiary/aromatic N) is 2. The highest BCUT2D eigenvalue weighted by Crippen LogP contribution is 2.36. The highest BCUT2D eigenvalue weighted by Gasteiger charge is 2.14. The van der Waals surface area contributed by atoms with Crippen LogP contribution >= 0.6 is 22.6 Å². The first-order valence-electron chi connectivity index (χ1n) is 10.7. The van der Waals surface area contributed by atoms with Gasteiger partial charge in [0.05, 0.1) is 26.8 Å². The predicted molar refractivity (Wildman–Crippen MR) is 140 cm³/mol. The summed E-state index contributed by atoms with van der Waals surface area (Å²) in [6.07, 6.45) is 1.82. The third kappa shape index (κ3) is 5.37. The Balaban J connectivity index is 1.66. The van der Waals surface area contributed by atoms with Crippen molar-refractivity contribution in [2.75, 3.05) is 6.61 Å². The van der Waals surface area contributed by atoms with E-state index in [9.17, 15) is 5.26 Å². The number of aryl methyl sites for hydroxylation is 2. The lowest BCUT2D eigenvalue weighted by molar-refractivity contribution is 0.267. The molecule has 0 unspecified atom stereocenters. The Morgan fingerprint density at radius 3 is 2.67 bits per heavy atom. The summed E-state index contributed by atoms with van der Waals surface area (Å²) in [5.41, 5.74) is 6.48. The molecule has 33 heavy (non-hydrogen) atoms. The van der Waals surface area contributed by atoms with E-state index >= 15 is 0 Å². The zero-order chi connectivity index (χ0) is 23.4. The van der Waals surface area contributed by atoms with Crippen molar-refractivity contribution >= 4 is 45.3 Å². The molecule has 4 rings (SSSR count). The van der Waals surface area contributed by atoms with Crippen LogP contribution in [0.25, 0.3) is 22.7 Å². The topological polar surface area (TPSA) is 70.9 Å². The van der Waals surface area contributed by atoms with Crippen LogP contribution in [0.15, 0.2) is 54.6 Å². The van der Waals surface area contributed by atoms with E-state index in [0.717, 1.165) is 31.3 Å². The first kappa shape index (κ1) is 22.9. The Bertz CT molecular complexity index is 1380. The molecule has 1 N–H and O–H groups in total. The summed E-state index contributed by atoms with van der Waals surface area (Å²) in [5, 5.41) is 9.81. The molecule has 0 bridgehead atoms. The van der Waals surface area contributed by atoms with E-state index < -0.39 is 0 Å². The van der Waals surface area contributed by atoms with Gasteiger partial charge in [-0.05, 0) is 90.4 Å². The van der Waals surface area contributed by atoms with Crippen LogP contribution < -0.4 is 9.47 Å². The summed E-state index contributed by atoms with van der Waals surface area (Å²) in [6.45, 7) is 7.00. The average molecular weight is 549 g/mol. The number of nitrogens with one attached hydrogen (secondary N) is 1. The SMILES string of the molecule is CCOc1cc(/C=C(/C#N)c2nc3ccc(C)cc3[nH]2)cc(I)c1OCc1cccc(C)c1. The van der Waals surface area contributed by atoms with E-state index in [1.807, 2.05) is 62.4 Å². The molecule has 1 heterocycles. The van der Waals surface area contributed by atoms with Gasteiger partial charge in [0.1, 0.15) is 18.5 Å². The number of benzene rings is 3. The number of allylic oxidation sites excluding steroid dienone is 1. The van der Waals surface area contributed by atoms with Gasteiger partial charge in [-0.1, -0.05) is 35.9 Å². The molecular formula is C27H24IN3O2. The largest absolute Gasteiger partial charge is 0.490 e. The molecule has 1 aromatic heterocycles. The number of nitriles is 1. The zero-order valence-electron chi connectivity index (χ0n) is 18.8. The number of halogens is 1. The van der Waals surface area contributed by atoms with Gasteiger partial charge < -0.3 is 14.5 Å². The molecule has 6 heteroatoms. The molecular weight excluding hydrogens is 525 g/mol. The summed E-state index contributed by atoms with van der Waals surface area (Å²) < 4.78 is 12.9. The van der Waals surface area contributed by atoms with Gasteiger partial charge in [-0.3, -0.25) is 0 Å². The van der Waals surface area contributed by atoms with Gasteiger partial charge in [0, 0.05) is 0 Å². The molecule has 0 amide bonds. The predicted octanol–water partition coefficient (Wildman–Crippen LogP) is 6.83. The zero-order valence-corrected chi connectivity index (χ0v) is 20.9. The normalized spacial score (nSPS) is 11.4. The number of ether oxygens (including phenoxy) is 2. The lowest BCUT2D eigenvalue weighted by Crippen LogP contribution is -2.02. The Labute approximate surface area is 207 Å². The second-order valence-electron chi connectivity index (χ2n) is 7.82. The highest BCUT2D eigenvalue weighted by atomic mass is 127. The van der Waals surface area contributed by atoms with Crippen molar-refractivity contribution in [1.82, 2.24) is 9.97 Å². The van der Waals surface area contributed by atoms with E-state index in [1.54, 1.807) is 0 Å². The molecule has 0 spiro atoms. The van der Waals surface area contributed by atoms with Crippen LogP contribution in [0, 0.1) is 28.7 Å². The van der Waals surface area contributed by atoms with Crippen molar-refractivity contribution in [2.24, 2.45) is 0 Å². The minimum Gasteiger partial charge on any atom is -0.490 e. The van der Waals surface area contributed by atoms with Crippen molar-refractivity contribution in [3.63, 3.8) is 0 Å². The molecule has 0 fully saturated rings. The van der Waals surface area contributed by atoms with Crippen molar-refractivity contribution in [1.29, 1.82) is 5.26 Å². The third-order valence-corrected chi connectivity index (χ3v) is 5.92.